The number of hydrogen-bond donors (Lipinski definition) is 1. The Balaban J connectivity index is 1.63. The maximum Gasteiger partial charge on any atom is 0.226 e. The van der Waals surface area contributed by atoms with E-state index in [1.807, 2.05) is 0 Å². The molecule has 0 spiro atoms. The SMILES string of the molecule is CCC1CCC(N)(c2noc(CC3CCCC3)n2)CC1. The molecule has 2 aliphatic carbocycles. The molecular formula is C16H27N3O. The molecule has 0 atom stereocenters. The lowest BCUT2D eigenvalue weighted by molar-refractivity contribution is 0.216. The van der Waals surface area contributed by atoms with Gasteiger partial charge < -0.3 is 10.3 Å². The largest absolute Gasteiger partial charge is 0.339 e. The van der Waals surface area contributed by atoms with Gasteiger partial charge in [-0.05, 0) is 50.4 Å². The summed E-state index contributed by atoms with van der Waals surface area (Å²) in [6, 6.07) is 0. The van der Waals surface area contributed by atoms with Gasteiger partial charge in [-0.25, -0.2) is 0 Å². The molecule has 112 valence electrons. The van der Waals surface area contributed by atoms with E-state index < -0.39 is 0 Å². The Kier molecular flexibility index (Phi) is 4.11. The highest BCUT2D eigenvalue weighted by Crippen LogP contribution is 2.37. The Labute approximate surface area is 121 Å². The predicted octanol–water partition coefficient (Wildman–Crippen LogP) is 3.56. The van der Waals surface area contributed by atoms with Gasteiger partial charge in [-0.3, -0.25) is 0 Å². The fourth-order valence-corrected chi connectivity index (χ4v) is 3.83. The van der Waals surface area contributed by atoms with E-state index >= 15 is 0 Å². The van der Waals surface area contributed by atoms with Crippen molar-refractivity contribution in [2.75, 3.05) is 0 Å². The number of hydrogen-bond acceptors (Lipinski definition) is 4. The highest BCUT2D eigenvalue weighted by atomic mass is 16.5. The molecule has 20 heavy (non-hydrogen) atoms. The number of nitrogens with zero attached hydrogens (tertiary/aromatic N) is 2. The smallest absolute Gasteiger partial charge is 0.226 e. The van der Waals surface area contributed by atoms with E-state index in [4.69, 9.17) is 10.3 Å². The molecule has 0 amide bonds. The van der Waals surface area contributed by atoms with Crippen LogP contribution in [-0.4, -0.2) is 10.1 Å². The minimum atomic E-state index is -0.344. The van der Waals surface area contributed by atoms with Crippen LogP contribution in [0.25, 0.3) is 0 Å². The zero-order valence-electron chi connectivity index (χ0n) is 12.6. The molecule has 2 fully saturated rings. The minimum absolute atomic E-state index is 0.344. The summed E-state index contributed by atoms with van der Waals surface area (Å²) >= 11 is 0. The van der Waals surface area contributed by atoms with Crippen LogP contribution in [-0.2, 0) is 12.0 Å². The molecule has 4 nitrogen and oxygen atoms in total. The molecule has 1 heterocycles. The van der Waals surface area contributed by atoms with Gasteiger partial charge in [-0.15, -0.1) is 0 Å². The average molecular weight is 277 g/mol. The van der Waals surface area contributed by atoms with E-state index in [1.165, 1.54) is 44.9 Å². The molecule has 0 radical (unpaired) electrons. The van der Waals surface area contributed by atoms with Crippen molar-refractivity contribution < 1.29 is 4.52 Å². The van der Waals surface area contributed by atoms with Crippen LogP contribution < -0.4 is 5.73 Å². The third-order valence-electron chi connectivity index (χ3n) is 5.43. The Bertz CT molecular complexity index is 429. The molecule has 2 saturated carbocycles. The Morgan fingerprint density at radius 1 is 1.15 bits per heavy atom. The van der Waals surface area contributed by atoms with Crippen LogP contribution in [0.3, 0.4) is 0 Å². The van der Waals surface area contributed by atoms with Crippen LogP contribution >= 0.6 is 0 Å². The number of nitrogens with two attached hydrogens (primary N) is 1. The summed E-state index contributed by atoms with van der Waals surface area (Å²) in [5.41, 5.74) is 6.19. The summed E-state index contributed by atoms with van der Waals surface area (Å²) in [4.78, 5) is 4.62. The Morgan fingerprint density at radius 3 is 2.50 bits per heavy atom. The second-order valence-electron chi connectivity index (χ2n) is 6.87. The van der Waals surface area contributed by atoms with Gasteiger partial charge in [0.2, 0.25) is 5.89 Å². The first-order chi connectivity index (χ1) is 9.69. The van der Waals surface area contributed by atoms with E-state index in [9.17, 15) is 0 Å². The van der Waals surface area contributed by atoms with Crippen LogP contribution in [0, 0.1) is 11.8 Å². The van der Waals surface area contributed by atoms with Gasteiger partial charge in [0.15, 0.2) is 5.82 Å². The highest BCUT2D eigenvalue weighted by Gasteiger charge is 2.37. The van der Waals surface area contributed by atoms with Gasteiger partial charge >= 0.3 is 0 Å². The molecule has 3 rings (SSSR count). The molecule has 0 saturated heterocycles. The first-order valence-corrected chi connectivity index (χ1v) is 8.31. The number of aromatic nitrogens is 2. The quantitative estimate of drug-likeness (QED) is 0.914. The molecule has 0 aliphatic heterocycles. The average Bonchev–Trinajstić information content (AvgIpc) is 3.12. The van der Waals surface area contributed by atoms with Crippen LogP contribution in [0.5, 0.6) is 0 Å². The molecule has 1 aromatic rings. The summed E-state index contributed by atoms with van der Waals surface area (Å²) in [5.74, 6) is 3.12. The lowest BCUT2D eigenvalue weighted by atomic mass is 9.76. The van der Waals surface area contributed by atoms with Crippen molar-refractivity contribution in [1.82, 2.24) is 10.1 Å². The molecular weight excluding hydrogens is 250 g/mol. The van der Waals surface area contributed by atoms with E-state index in [2.05, 4.69) is 17.1 Å². The molecule has 0 aromatic carbocycles. The van der Waals surface area contributed by atoms with Crippen LogP contribution in [0.2, 0.25) is 0 Å². The fraction of sp³-hybridized carbons (Fsp3) is 0.875. The van der Waals surface area contributed by atoms with Gasteiger partial charge in [0.05, 0.1) is 5.54 Å². The van der Waals surface area contributed by atoms with E-state index in [-0.39, 0.29) is 5.54 Å². The monoisotopic (exact) mass is 277 g/mol. The van der Waals surface area contributed by atoms with Crippen LogP contribution in [0.1, 0.15) is 76.4 Å². The second kappa shape index (κ2) is 5.84. The molecule has 2 aliphatic rings. The Hall–Kier alpha value is -0.900. The second-order valence-corrected chi connectivity index (χ2v) is 6.87. The maximum absolute atomic E-state index is 6.53. The summed E-state index contributed by atoms with van der Waals surface area (Å²) in [6.45, 7) is 2.27. The van der Waals surface area contributed by atoms with E-state index in [0.29, 0.717) is 0 Å². The lowest BCUT2D eigenvalue weighted by Gasteiger charge is -2.34. The van der Waals surface area contributed by atoms with Crippen molar-refractivity contribution in [3.8, 4) is 0 Å². The topological polar surface area (TPSA) is 64.9 Å². The van der Waals surface area contributed by atoms with Gasteiger partial charge in [-0.1, -0.05) is 31.3 Å². The molecule has 0 bridgehead atoms. The number of rotatable bonds is 4. The van der Waals surface area contributed by atoms with Gasteiger partial charge in [0.1, 0.15) is 0 Å². The lowest BCUT2D eigenvalue weighted by Crippen LogP contribution is -2.41. The molecule has 0 unspecified atom stereocenters. The normalized spacial score (nSPS) is 31.8. The zero-order valence-corrected chi connectivity index (χ0v) is 12.6. The zero-order chi connectivity index (χ0) is 14.0. The van der Waals surface area contributed by atoms with Gasteiger partial charge in [0, 0.05) is 6.42 Å². The predicted molar refractivity (Wildman–Crippen MR) is 78.1 cm³/mol. The third kappa shape index (κ3) is 2.90. The summed E-state index contributed by atoms with van der Waals surface area (Å²) < 4.78 is 5.46. The minimum Gasteiger partial charge on any atom is -0.339 e. The molecule has 4 heteroatoms. The van der Waals surface area contributed by atoms with Crippen molar-refractivity contribution in [1.29, 1.82) is 0 Å². The third-order valence-corrected chi connectivity index (χ3v) is 5.43. The first-order valence-electron chi connectivity index (χ1n) is 8.31. The Morgan fingerprint density at radius 2 is 1.85 bits per heavy atom. The van der Waals surface area contributed by atoms with Gasteiger partial charge in [0.25, 0.3) is 0 Å². The van der Waals surface area contributed by atoms with Crippen LogP contribution in [0.15, 0.2) is 4.52 Å². The first kappa shape index (κ1) is 14.1. The summed E-state index contributed by atoms with van der Waals surface area (Å²) in [5, 5.41) is 4.19. The van der Waals surface area contributed by atoms with E-state index in [1.54, 1.807) is 0 Å². The van der Waals surface area contributed by atoms with Crippen molar-refractivity contribution >= 4 is 0 Å². The summed E-state index contributed by atoms with van der Waals surface area (Å²) in [6.07, 6.45) is 11.9. The molecule has 1 aromatic heterocycles. The van der Waals surface area contributed by atoms with Crippen molar-refractivity contribution in [2.45, 2.75) is 76.7 Å². The highest BCUT2D eigenvalue weighted by molar-refractivity contribution is 5.06. The fourth-order valence-electron chi connectivity index (χ4n) is 3.83. The van der Waals surface area contributed by atoms with Crippen LogP contribution in [0.4, 0.5) is 0 Å². The van der Waals surface area contributed by atoms with Crippen molar-refractivity contribution in [2.24, 2.45) is 17.6 Å². The standard InChI is InChI=1S/C16H27N3O/c1-2-12-7-9-16(17,10-8-12)15-18-14(20-19-15)11-13-5-3-4-6-13/h12-13H,2-11,17H2,1H3. The van der Waals surface area contributed by atoms with Gasteiger partial charge in [-0.2, -0.15) is 4.98 Å². The van der Waals surface area contributed by atoms with Crippen molar-refractivity contribution in [3.05, 3.63) is 11.7 Å². The van der Waals surface area contributed by atoms with E-state index in [0.717, 1.165) is 42.8 Å². The molecule has 2 N–H and O–H groups in total. The summed E-state index contributed by atoms with van der Waals surface area (Å²) in [7, 11) is 0. The maximum atomic E-state index is 6.53. The van der Waals surface area contributed by atoms with Crippen molar-refractivity contribution in [3.63, 3.8) is 0 Å².